The Kier molecular flexibility index (Phi) is 10.1. The van der Waals surface area contributed by atoms with E-state index in [1.807, 2.05) is 0 Å². The molecular weight excluding hydrogens is 180 g/mol. The van der Waals surface area contributed by atoms with Crippen molar-refractivity contribution in [3.05, 3.63) is 0 Å². The van der Waals surface area contributed by atoms with Crippen molar-refractivity contribution in [1.82, 2.24) is 0 Å². The van der Waals surface area contributed by atoms with Crippen LogP contribution in [0.3, 0.4) is 0 Å². The van der Waals surface area contributed by atoms with Gasteiger partial charge in [-0.05, 0) is 32.6 Å². The van der Waals surface area contributed by atoms with Crippen molar-refractivity contribution >= 4 is 6.47 Å². The molecule has 0 aliphatic rings. The van der Waals surface area contributed by atoms with E-state index in [1.165, 1.54) is 6.47 Å². The lowest BCUT2D eigenvalue weighted by molar-refractivity contribution is 0.0606. The standard InChI is InChI=1S/C11H21O3/c1-3-11(2)14-9-7-5-4-6-8-13-10-12/h11H,3-9H2,1-2H3. The van der Waals surface area contributed by atoms with Gasteiger partial charge in [-0.1, -0.05) is 13.3 Å². The number of carbonyl (C=O) groups excluding carboxylic acids is 1. The second-order valence-electron chi connectivity index (χ2n) is 3.44. The fourth-order valence-corrected chi connectivity index (χ4v) is 1.07. The van der Waals surface area contributed by atoms with E-state index >= 15 is 0 Å². The summed E-state index contributed by atoms with van der Waals surface area (Å²) in [6, 6.07) is 0. The predicted octanol–water partition coefficient (Wildman–Crippen LogP) is 2.45. The minimum atomic E-state index is 0.378. The molecule has 0 spiro atoms. The van der Waals surface area contributed by atoms with Crippen LogP contribution in [0.15, 0.2) is 0 Å². The topological polar surface area (TPSA) is 35.5 Å². The quantitative estimate of drug-likeness (QED) is 0.509. The molecule has 0 fully saturated rings. The maximum atomic E-state index is 9.68. The highest BCUT2D eigenvalue weighted by Crippen LogP contribution is 2.02. The van der Waals surface area contributed by atoms with E-state index in [9.17, 15) is 4.79 Å². The van der Waals surface area contributed by atoms with Gasteiger partial charge in [0.1, 0.15) is 0 Å². The lowest BCUT2D eigenvalue weighted by Gasteiger charge is -2.09. The van der Waals surface area contributed by atoms with Gasteiger partial charge in [0.25, 0.3) is 0 Å². The monoisotopic (exact) mass is 201 g/mol. The lowest BCUT2D eigenvalue weighted by atomic mass is 10.2. The summed E-state index contributed by atoms with van der Waals surface area (Å²) in [4.78, 5) is 9.68. The zero-order chi connectivity index (χ0) is 10.6. The third kappa shape index (κ3) is 9.52. The lowest BCUT2D eigenvalue weighted by Crippen LogP contribution is -2.07. The van der Waals surface area contributed by atoms with Crippen molar-refractivity contribution in [3.63, 3.8) is 0 Å². The molecule has 0 saturated carbocycles. The van der Waals surface area contributed by atoms with Gasteiger partial charge in [-0.15, -0.1) is 0 Å². The van der Waals surface area contributed by atoms with Crippen LogP contribution in [-0.4, -0.2) is 25.8 Å². The molecule has 1 radical (unpaired) electrons. The van der Waals surface area contributed by atoms with Crippen LogP contribution in [0.25, 0.3) is 0 Å². The van der Waals surface area contributed by atoms with Crippen molar-refractivity contribution in [2.75, 3.05) is 13.2 Å². The molecule has 1 unspecified atom stereocenters. The van der Waals surface area contributed by atoms with E-state index in [2.05, 4.69) is 18.6 Å². The van der Waals surface area contributed by atoms with Gasteiger partial charge in [0.2, 0.25) is 0 Å². The molecule has 0 heterocycles. The van der Waals surface area contributed by atoms with Gasteiger partial charge in [0, 0.05) is 6.61 Å². The van der Waals surface area contributed by atoms with Gasteiger partial charge >= 0.3 is 6.47 Å². The molecule has 0 aliphatic carbocycles. The van der Waals surface area contributed by atoms with Gasteiger partial charge in [-0.3, -0.25) is 0 Å². The van der Waals surface area contributed by atoms with E-state index < -0.39 is 0 Å². The first-order valence-electron chi connectivity index (χ1n) is 5.41. The first-order chi connectivity index (χ1) is 6.81. The Bertz CT molecular complexity index is 126. The first kappa shape index (κ1) is 13.4. The Morgan fingerprint density at radius 3 is 2.36 bits per heavy atom. The molecular formula is C11H21O3. The van der Waals surface area contributed by atoms with Crippen LogP contribution < -0.4 is 0 Å². The number of hydrogen-bond acceptors (Lipinski definition) is 3. The molecule has 0 N–H and O–H groups in total. The minimum absolute atomic E-state index is 0.378. The smallest absolute Gasteiger partial charge is 0.417 e. The third-order valence-corrected chi connectivity index (χ3v) is 2.18. The van der Waals surface area contributed by atoms with E-state index in [1.54, 1.807) is 0 Å². The van der Waals surface area contributed by atoms with Crippen LogP contribution in [0, 0.1) is 0 Å². The van der Waals surface area contributed by atoms with Crippen LogP contribution in [0.2, 0.25) is 0 Å². The van der Waals surface area contributed by atoms with Crippen LogP contribution in [0.1, 0.15) is 46.0 Å². The van der Waals surface area contributed by atoms with Crippen LogP contribution in [0.5, 0.6) is 0 Å². The maximum Gasteiger partial charge on any atom is 0.417 e. The van der Waals surface area contributed by atoms with Gasteiger partial charge in [0.15, 0.2) is 0 Å². The molecule has 0 aromatic carbocycles. The molecule has 0 aliphatic heterocycles. The van der Waals surface area contributed by atoms with Gasteiger partial charge in [-0.25, -0.2) is 4.79 Å². The van der Waals surface area contributed by atoms with Crippen molar-refractivity contribution in [1.29, 1.82) is 0 Å². The zero-order valence-corrected chi connectivity index (χ0v) is 9.25. The van der Waals surface area contributed by atoms with Crippen LogP contribution in [0.4, 0.5) is 0 Å². The molecule has 0 aromatic heterocycles. The van der Waals surface area contributed by atoms with Crippen molar-refractivity contribution in [2.45, 2.75) is 52.1 Å². The Labute approximate surface area is 86.8 Å². The molecule has 0 aromatic rings. The third-order valence-electron chi connectivity index (χ3n) is 2.18. The van der Waals surface area contributed by atoms with Gasteiger partial charge in [-0.2, -0.15) is 0 Å². The summed E-state index contributed by atoms with van der Waals surface area (Å²) in [6.45, 7) is 6.97. The fourth-order valence-electron chi connectivity index (χ4n) is 1.07. The van der Waals surface area contributed by atoms with E-state index in [4.69, 9.17) is 4.74 Å². The molecule has 3 heteroatoms. The van der Waals surface area contributed by atoms with Crippen LogP contribution >= 0.6 is 0 Å². The van der Waals surface area contributed by atoms with E-state index in [0.717, 1.165) is 38.7 Å². The van der Waals surface area contributed by atoms with Gasteiger partial charge < -0.3 is 9.47 Å². The van der Waals surface area contributed by atoms with Gasteiger partial charge in [0.05, 0.1) is 12.7 Å². The normalized spacial score (nSPS) is 12.4. The molecule has 0 amide bonds. The minimum Gasteiger partial charge on any atom is -0.457 e. The Hall–Kier alpha value is -0.570. The Balaban J connectivity index is 2.95. The predicted molar refractivity (Wildman–Crippen MR) is 55.8 cm³/mol. The zero-order valence-electron chi connectivity index (χ0n) is 9.25. The summed E-state index contributed by atoms with van der Waals surface area (Å²) in [7, 11) is 0. The molecule has 1 atom stereocenters. The summed E-state index contributed by atoms with van der Waals surface area (Å²) in [5.74, 6) is 0. The second kappa shape index (κ2) is 10.5. The highest BCUT2D eigenvalue weighted by Gasteiger charge is 1.97. The van der Waals surface area contributed by atoms with E-state index in [-0.39, 0.29) is 0 Å². The SMILES string of the molecule is CCC(C)OCCCCCCO[C]=O. The molecule has 0 rings (SSSR count). The molecule has 0 bridgehead atoms. The first-order valence-corrected chi connectivity index (χ1v) is 5.41. The van der Waals surface area contributed by atoms with E-state index in [0.29, 0.717) is 12.7 Å². The Morgan fingerprint density at radius 2 is 1.79 bits per heavy atom. The van der Waals surface area contributed by atoms with Crippen molar-refractivity contribution in [2.24, 2.45) is 0 Å². The summed E-state index contributed by atoms with van der Waals surface area (Å²) in [6.07, 6.45) is 5.70. The average molecular weight is 201 g/mol. The number of ether oxygens (including phenoxy) is 2. The molecule has 14 heavy (non-hydrogen) atoms. The summed E-state index contributed by atoms with van der Waals surface area (Å²) >= 11 is 0. The number of hydrogen-bond donors (Lipinski definition) is 0. The highest BCUT2D eigenvalue weighted by molar-refractivity contribution is 5.37. The summed E-state index contributed by atoms with van der Waals surface area (Å²) < 4.78 is 9.98. The van der Waals surface area contributed by atoms with Crippen LogP contribution in [-0.2, 0) is 14.3 Å². The number of rotatable bonds is 10. The number of unbranched alkanes of at least 4 members (excludes halogenated alkanes) is 3. The van der Waals surface area contributed by atoms with Crippen molar-refractivity contribution in [3.8, 4) is 0 Å². The fraction of sp³-hybridized carbons (Fsp3) is 0.909. The van der Waals surface area contributed by atoms with Crippen molar-refractivity contribution < 1.29 is 14.3 Å². The molecule has 3 nitrogen and oxygen atoms in total. The Morgan fingerprint density at radius 1 is 1.14 bits per heavy atom. The molecule has 83 valence electrons. The second-order valence-corrected chi connectivity index (χ2v) is 3.44. The maximum absolute atomic E-state index is 9.68. The average Bonchev–Trinajstić information content (AvgIpc) is 2.21. The highest BCUT2D eigenvalue weighted by atomic mass is 16.5. The molecule has 0 saturated heterocycles. The largest absolute Gasteiger partial charge is 0.457 e. The summed E-state index contributed by atoms with van der Waals surface area (Å²) in [5, 5.41) is 0. The summed E-state index contributed by atoms with van der Waals surface area (Å²) in [5.41, 5.74) is 0.